The molecule has 0 N–H and O–H groups in total. The number of halogens is 1. The van der Waals surface area contributed by atoms with Gasteiger partial charge in [-0.05, 0) is 17.7 Å². The largest absolute Gasteiger partial charge is 0.454 e. The summed E-state index contributed by atoms with van der Waals surface area (Å²) in [6, 6.07) is 5.99. The molecule has 0 fully saturated rings. The van der Waals surface area contributed by atoms with E-state index in [1.165, 1.54) is 18.2 Å². The van der Waals surface area contributed by atoms with Gasteiger partial charge >= 0.3 is 5.97 Å². The highest BCUT2D eigenvalue weighted by atomic mass is 19.1. The van der Waals surface area contributed by atoms with Crippen molar-refractivity contribution < 1.29 is 13.9 Å². The van der Waals surface area contributed by atoms with E-state index in [0.29, 0.717) is 6.42 Å². The molecular weight excluding hydrogens is 183 g/mol. The first-order valence-corrected chi connectivity index (χ1v) is 4.38. The van der Waals surface area contributed by atoms with Gasteiger partial charge in [-0.2, -0.15) is 0 Å². The molecule has 14 heavy (non-hydrogen) atoms. The third-order valence-electron chi connectivity index (χ3n) is 2.10. The fourth-order valence-corrected chi connectivity index (χ4v) is 1.40. The maximum Gasteiger partial charge on any atom is 0.331 e. The molecule has 0 saturated carbocycles. The molecule has 2 nitrogen and oxygen atoms in total. The molecule has 1 aliphatic heterocycles. The molecule has 2 rings (SSSR count). The number of carbonyl (C=O) groups excluding carboxylic acids is 1. The molecule has 1 aromatic rings. The van der Waals surface area contributed by atoms with Crippen molar-refractivity contribution in [3.8, 4) is 0 Å². The molecule has 72 valence electrons. The van der Waals surface area contributed by atoms with E-state index in [4.69, 9.17) is 4.74 Å². The molecule has 0 spiro atoms. The summed E-state index contributed by atoms with van der Waals surface area (Å²) in [5.41, 5.74) is 0.823. The number of hydrogen-bond donors (Lipinski definition) is 0. The van der Waals surface area contributed by atoms with E-state index in [1.54, 1.807) is 18.2 Å². The molecule has 0 aliphatic carbocycles. The van der Waals surface area contributed by atoms with E-state index in [0.717, 1.165) is 5.56 Å². The number of esters is 1. The van der Waals surface area contributed by atoms with E-state index >= 15 is 0 Å². The van der Waals surface area contributed by atoms with Gasteiger partial charge in [0.15, 0.2) is 0 Å². The summed E-state index contributed by atoms with van der Waals surface area (Å²) in [7, 11) is 0. The SMILES string of the molecule is O=C1C=CC[C@H](c2ccc(F)cc2)O1. The maximum absolute atomic E-state index is 12.6. The summed E-state index contributed by atoms with van der Waals surface area (Å²) in [4.78, 5) is 10.9. The summed E-state index contributed by atoms with van der Waals surface area (Å²) < 4.78 is 17.7. The fraction of sp³-hybridized carbons (Fsp3) is 0.182. The van der Waals surface area contributed by atoms with Gasteiger partial charge in [0.05, 0.1) is 0 Å². The average molecular weight is 192 g/mol. The van der Waals surface area contributed by atoms with Crippen LogP contribution in [0.4, 0.5) is 4.39 Å². The molecule has 0 unspecified atom stereocenters. The zero-order valence-electron chi connectivity index (χ0n) is 7.44. The number of hydrogen-bond acceptors (Lipinski definition) is 2. The second kappa shape index (κ2) is 3.62. The molecule has 1 atom stereocenters. The zero-order chi connectivity index (χ0) is 9.97. The fourth-order valence-electron chi connectivity index (χ4n) is 1.40. The molecule has 0 amide bonds. The van der Waals surface area contributed by atoms with Gasteiger partial charge in [-0.1, -0.05) is 18.2 Å². The van der Waals surface area contributed by atoms with E-state index < -0.39 is 0 Å². The van der Waals surface area contributed by atoms with Crippen molar-refractivity contribution in [2.75, 3.05) is 0 Å². The molecule has 1 aliphatic rings. The lowest BCUT2D eigenvalue weighted by atomic mass is 10.0. The minimum absolute atomic E-state index is 0.270. The lowest BCUT2D eigenvalue weighted by Gasteiger charge is -2.18. The van der Waals surface area contributed by atoms with Gasteiger partial charge in [0, 0.05) is 12.5 Å². The quantitative estimate of drug-likeness (QED) is 0.638. The van der Waals surface area contributed by atoms with Crippen LogP contribution < -0.4 is 0 Å². The highest BCUT2D eigenvalue weighted by molar-refractivity contribution is 5.82. The Hall–Kier alpha value is -1.64. The van der Waals surface area contributed by atoms with Crippen molar-refractivity contribution in [2.24, 2.45) is 0 Å². The van der Waals surface area contributed by atoms with Crippen molar-refractivity contribution >= 4 is 5.97 Å². The van der Waals surface area contributed by atoms with E-state index in [2.05, 4.69) is 0 Å². The van der Waals surface area contributed by atoms with Crippen LogP contribution in [0.1, 0.15) is 18.1 Å². The predicted molar refractivity (Wildman–Crippen MR) is 49.0 cm³/mol. The predicted octanol–water partition coefficient (Wildman–Crippen LogP) is 2.37. The molecule has 3 heteroatoms. The van der Waals surface area contributed by atoms with Gasteiger partial charge in [0.25, 0.3) is 0 Å². The van der Waals surface area contributed by atoms with E-state index in [1.807, 2.05) is 0 Å². The van der Waals surface area contributed by atoms with Gasteiger partial charge < -0.3 is 4.74 Å². The number of benzene rings is 1. The Bertz CT molecular complexity index is 367. The van der Waals surface area contributed by atoms with Gasteiger partial charge in [-0.15, -0.1) is 0 Å². The van der Waals surface area contributed by atoms with Crippen molar-refractivity contribution in [1.82, 2.24) is 0 Å². The van der Waals surface area contributed by atoms with Gasteiger partial charge in [-0.3, -0.25) is 0 Å². The summed E-state index contributed by atoms with van der Waals surface area (Å²) in [6.07, 6.45) is 3.55. The number of cyclic esters (lactones) is 1. The second-order valence-corrected chi connectivity index (χ2v) is 3.12. The Morgan fingerprint density at radius 3 is 2.64 bits per heavy atom. The van der Waals surface area contributed by atoms with Crippen LogP contribution in [-0.2, 0) is 9.53 Å². The standard InChI is InChI=1S/C11H9FO2/c12-9-6-4-8(5-7-9)10-2-1-3-11(13)14-10/h1,3-7,10H,2H2/t10-/m1/s1. The van der Waals surface area contributed by atoms with Crippen LogP contribution in [0, 0.1) is 5.82 Å². The van der Waals surface area contributed by atoms with Crippen LogP contribution in [-0.4, -0.2) is 5.97 Å². The van der Waals surface area contributed by atoms with Crippen LogP contribution in [0.25, 0.3) is 0 Å². The zero-order valence-corrected chi connectivity index (χ0v) is 7.44. The smallest absolute Gasteiger partial charge is 0.331 e. The van der Waals surface area contributed by atoms with Crippen molar-refractivity contribution in [3.63, 3.8) is 0 Å². The highest BCUT2D eigenvalue weighted by Crippen LogP contribution is 2.24. The highest BCUT2D eigenvalue weighted by Gasteiger charge is 2.17. The second-order valence-electron chi connectivity index (χ2n) is 3.12. The van der Waals surface area contributed by atoms with Crippen molar-refractivity contribution in [1.29, 1.82) is 0 Å². The van der Waals surface area contributed by atoms with Crippen LogP contribution in [0.2, 0.25) is 0 Å². The van der Waals surface area contributed by atoms with Gasteiger partial charge in [0.1, 0.15) is 11.9 Å². The minimum atomic E-state index is -0.342. The Kier molecular flexibility index (Phi) is 2.31. The molecule has 0 aromatic heterocycles. The molecule has 1 aromatic carbocycles. The third kappa shape index (κ3) is 1.82. The first-order chi connectivity index (χ1) is 6.75. The molecule has 0 bridgehead atoms. The minimum Gasteiger partial charge on any atom is -0.454 e. The first-order valence-electron chi connectivity index (χ1n) is 4.38. The van der Waals surface area contributed by atoms with Crippen LogP contribution >= 0.6 is 0 Å². The van der Waals surface area contributed by atoms with Gasteiger partial charge in [0.2, 0.25) is 0 Å². The van der Waals surface area contributed by atoms with Crippen molar-refractivity contribution in [3.05, 3.63) is 47.8 Å². The topological polar surface area (TPSA) is 26.3 Å². The third-order valence-corrected chi connectivity index (χ3v) is 2.10. The molecule has 1 heterocycles. The van der Waals surface area contributed by atoms with E-state index in [9.17, 15) is 9.18 Å². The summed E-state index contributed by atoms with van der Waals surface area (Å²) in [5.74, 6) is -0.628. The Balaban J connectivity index is 2.19. The normalized spacial score (nSPS) is 20.6. The van der Waals surface area contributed by atoms with Crippen LogP contribution in [0.3, 0.4) is 0 Å². The monoisotopic (exact) mass is 192 g/mol. The number of ether oxygens (including phenoxy) is 1. The number of carbonyl (C=O) groups is 1. The Morgan fingerprint density at radius 2 is 2.00 bits per heavy atom. The summed E-state index contributed by atoms with van der Waals surface area (Å²) in [6.45, 7) is 0. The molecule has 0 saturated heterocycles. The summed E-state index contributed by atoms with van der Waals surface area (Å²) >= 11 is 0. The van der Waals surface area contributed by atoms with E-state index in [-0.39, 0.29) is 17.9 Å². The van der Waals surface area contributed by atoms with Crippen LogP contribution in [0.15, 0.2) is 36.4 Å². The molecule has 0 radical (unpaired) electrons. The number of rotatable bonds is 1. The maximum atomic E-state index is 12.6. The Morgan fingerprint density at radius 1 is 1.29 bits per heavy atom. The van der Waals surface area contributed by atoms with Crippen LogP contribution in [0.5, 0.6) is 0 Å². The average Bonchev–Trinajstić information content (AvgIpc) is 2.19. The first kappa shape index (κ1) is 8.94. The Labute approximate surface area is 81.0 Å². The lowest BCUT2D eigenvalue weighted by Crippen LogP contribution is -2.12. The van der Waals surface area contributed by atoms with Crippen molar-refractivity contribution in [2.45, 2.75) is 12.5 Å². The molecular formula is C11H9FO2. The lowest BCUT2D eigenvalue weighted by molar-refractivity contribution is -0.144. The van der Waals surface area contributed by atoms with Gasteiger partial charge in [-0.25, -0.2) is 9.18 Å². The summed E-state index contributed by atoms with van der Waals surface area (Å²) in [5, 5.41) is 0.